The zero-order valence-corrected chi connectivity index (χ0v) is 12.7. The molecule has 0 radical (unpaired) electrons. The molecule has 2 aliphatic rings. The number of nitrogens with two attached hydrogens (primary N) is 1. The summed E-state index contributed by atoms with van der Waals surface area (Å²) in [5.41, 5.74) is 7.53. The number of anilines is 1. The average molecular weight is 294 g/mol. The van der Waals surface area contributed by atoms with Gasteiger partial charge in [-0.25, -0.2) is 8.42 Å². The summed E-state index contributed by atoms with van der Waals surface area (Å²) >= 11 is 0. The molecule has 0 aliphatic heterocycles. The summed E-state index contributed by atoms with van der Waals surface area (Å²) in [4.78, 5) is 0.347. The van der Waals surface area contributed by atoms with E-state index >= 15 is 0 Å². The highest BCUT2D eigenvalue weighted by Gasteiger charge is 2.41. The van der Waals surface area contributed by atoms with E-state index < -0.39 is 10.0 Å². The van der Waals surface area contributed by atoms with Crippen molar-refractivity contribution < 1.29 is 8.42 Å². The van der Waals surface area contributed by atoms with Gasteiger partial charge in [-0.2, -0.15) is 4.31 Å². The predicted octanol–water partition coefficient (Wildman–Crippen LogP) is 2.39. The minimum Gasteiger partial charge on any atom is -0.398 e. The maximum Gasteiger partial charge on any atom is 0.243 e. The van der Waals surface area contributed by atoms with Gasteiger partial charge in [0.1, 0.15) is 0 Å². The molecule has 0 bridgehead atoms. The van der Waals surface area contributed by atoms with E-state index in [9.17, 15) is 8.42 Å². The van der Waals surface area contributed by atoms with Gasteiger partial charge in [-0.05, 0) is 55.7 Å². The van der Waals surface area contributed by atoms with Crippen LogP contribution in [0.25, 0.3) is 0 Å². The third kappa shape index (κ3) is 2.69. The largest absolute Gasteiger partial charge is 0.398 e. The van der Waals surface area contributed by atoms with Gasteiger partial charge in [-0.3, -0.25) is 0 Å². The molecule has 2 fully saturated rings. The second-order valence-electron chi connectivity index (χ2n) is 5.96. The van der Waals surface area contributed by atoms with E-state index in [1.54, 1.807) is 16.4 Å². The highest BCUT2D eigenvalue weighted by Crippen LogP contribution is 2.38. The first kappa shape index (κ1) is 13.9. The van der Waals surface area contributed by atoms with Gasteiger partial charge in [0.15, 0.2) is 0 Å². The molecule has 1 aromatic carbocycles. The van der Waals surface area contributed by atoms with Crippen molar-refractivity contribution in [2.24, 2.45) is 5.92 Å². The summed E-state index contributed by atoms with van der Waals surface area (Å²) in [6.45, 7) is 2.70. The van der Waals surface area contributed by atoms with Gasteiger partial charge in [-0.1, -0.05) is 13.0 Å². The molecule has 2 aliphatic carbocycles. The van der Waals surface area contributed by atoms with Crippen molar-refractivity contribution in [1.82, 2.24) is 4.31 Å². The Morgan fingerprint density at radius 2 is 1.95 bits per heavy atom. The van der Waals surface area contributed by atoms with E-state index in [1.165, 1.54) is 0 Å². The highest BCUT2D eigenvalue weighted by atomic mass is 32.2. The molecule has 0 atom stereocenters. The van der Waals surface area contributed by atoms with E-state index in [2.05, 4.69) is 0 Å². The van der Waals surface area contributed by atoms with Crippen LogP contribution in [-0.4, -0.2) is 25.3 Å². The van der Waals surface area contributed by atoms with E-state index in [4.69, 9.17) is 5.73 Å². The summed E-state index contributed by atoms with van der Waals surface area (Å²) in [5.74, 6) is 0.567. The van der Waals surface area contributed by atoms with E-state index in [0.717, 1.165) is 37.7 Å². The van der Waals surface area contributed by atoms with Crippen LogP contribution in [0.1, 0.15) is 38.2 Å². The number of nitrogen functional groups attached to an aromatic ring is 1. The predicted molar refractivity (Wildman–Crippen MR) is 79.9 cm³/mol. The van der Waals surface area contributed by atoms with Crippen LogP contribution in [0.5, 0.6) is 0 Å². The monoisotopic (exact) mass is 294 g/mol. The summed E-state index contributed by atoms with van der Waals surface area (Å²) in [6, 6.07) is 5.38. The minimum atomic E-state index is -3.39. The molecule has 0 spiro atoms. The van der Waals surface area contributed by atoms with Crippen molar-refractivity contribution in [3.05, 3.63) is 23.8 Å². The van der Waals surface area contributed by atoms with E-state index in [-0.39, 0.29) is 6.04 Å². The Morgan fingerprint density at radius 1 is 1.25 bits per heavy atom. The number of sulfonamides is 1. The topological polar surface area (TPSA) is 63.4 Å². The molecule has 20 heavy (non-hydrogen) atoms. The van der Waals surface area contributed by atoms with Crippen LogP contribution in [0, 0.1) is 5.92 Å². The Balaban J connectivity index is 1.90. The zero-order chi connectivity index (χ0) is 14.3. The number of hydrogen-bond acceptors (Lipinski definition) is 3. The lowest BCUT2D eigenvalue weighted by molar-refractivity contribution is 0.389. The molecule has 5 heteroatoms. The van der Waals surface area contributed by atoms with Crippen LogP contribution in [-0.2, 0) is 16.4 Å². The molecule has 4 nitrogen and oxygen atoms in total. The van der Waals surface area contributed by atoms with E-state index in [1.807, 2.05) is 13.0 Å². The third-order valence-electron chi connectivity index (χ3n) is 4.19. The number of hydrogen-bond donors (Lipinski definition) is 1. The number of benzene rings is 1. The van der Waals surface area contributed by atoms with E-state index in [0.29, 0.717) is 23.0 Å². The van der Waals surface area contributed by atoms with Gasteiger partial charge in [0, 0.05) is 18.3 Å². The first-order chi connectivity index (χ1) is 9.52. The molecule has 3 rings (SSSR count). The van der Waals surface area contributed by atoms with Gasteiger partial charge >= 0.3 is 0 Å². The molecule has 1 aromatic rings. The second kappa shape index (κ2) is 5.04. The Bertz CT molecular complexity index is 604. The average Bonchev–Trinajstić information content (AvgIpc) is 3.27. The van der Waals surface area contributed by atoms with Crippen molar-refractivity contribution in [3.63, 3.8) is 0 Å². The Morgan fingerprint density at radius 3 is 2.45 bits per heavy atom. The van der Waals surface area contributed by atoms with Crippen molar-refractivity contribution in [3.8, 4) is 0 Å². The molecule has 110 valence electrons. The van der Waals surface area contributed by atoms with Crippen molar-refractivity contribution >= 4 is 15.7 Å². The first-order valence-corrected chi connectivity index (χ1v) is 8.86. The van der Waals surface area contributed by atoms with Crippen LogP contribution >= 0.6 is 0 Å². The van der Waals surface area contributed by atoms with Gasteiger partial charge in [0.2, 0.25) is 10.0 Å². The SMILES string of the molecule is CCc1ccc(S(=O)(=O)N(CC2CC2)C2CC2)cc1N. The lowest BCUT2D eigenvalue weighted by Gasteiger charge is -2.22. The van der Waals surface area contributed by atoms with Gasteiger partial charge in [-0.15, -0.1) is 0 Å². The maximum absolute atomic E-state index is 12.8. The van der Waals surface area contributed by atoms with Gasteiger partial charge in [0.05, 0.1) is 4.90 Å². The molecule has 0 amide bonds. The molecule has 2 saturated carbocycles. The molecule has 0 heterocycles. The van der Waals surface area contributed by atoms with Crippen molar-refractivity contribution in [1.29, 1.82) is 0 Å². The summed E-state index contributed by atoms with van der Waals surface area (Å²) in [7, 11) is -3.39. The second-order valence-corrected chi connectivity index (χ2v) is 7.85. The van der Waals surface area contributed by atoms with Crippen LogP contribution in [0.3, 0.4) is 0 Å². The standard InChI is InChI=1S/C15H22N2O2S/c1-2-12-5-8-14(9-15(12)16)20(18,19)17(13-6-7-13)10-11-3-4-11/h5,8-9,11,13H,2-4,6-7,10,16H2,1H3. The lowest BCUT2D eigenvalue weighted by atomic mass is 10.1. The molecule has 0 aromatic heterocycles. The maximum atomic E-state index is 12.8. The fourth-order valence-electron chi connectivity index (χ4n) is 2.55. The van der Waals surface area contributed by atoms with Crippen LogP contribution in [0.15, 0.2) is 23.1 Å². The molecule has 0 saturated heterocycles. The Hall–Kier alpha value is -1.07. The first-order valence-electron chi connectivity index (χ1n) is 7.42. The summed E-state index contributed by atoms with van der Waals surface area (Å²) in [6.07, 6.45) is 5.13. The number of rotatable bonds is 6. The third-order valence-corrected chi connectivity index (χ3v) is 6.11. The highest BCUT2D eigenvalue weighted by molar-refractivity contribution is 7.89. The van der Waals surface area contributed by atoms with Gasteiger partial charge in [0.25, 0.3) is 0 Å². The van der Waals surface area contributed by atoms with Crippen LogP contribution in [0.4, 0.5) is 5.69 Å². The van der Waals surface area contributed by atoms with Crippen molar-refractivity contribution in [2.45, 2.75) is 50.0 Å². The van der Waals surface area contributed by atoms with Crippen LogP contribution in [0.2, 0.25) is 0 Å². The number of nitrogens with zero attached hydrogens (tertiary/aromatic N) is 1. The molecular formula is C15H22N2O2S. The molecule has 2 N–H and O–H groups in total. The Labute approximate surface area is 121 Å². The summed E-state index contributed by atoms with van der Waals surface area (Å²) in [5, 5.41) is 0. The lowest BCUT2D eigenvalue weighted by Crippen LogP contribution is -2.35. The quantitative estimate of drug-likeness (QED) is 0.819. The minimum absolute atomic E-state index is 0.215. The van der Waals surface area contributed by atoms with Crippen molar-refractivity contribution in [2.75, 3.05) is 12.3 Å². The fraction of sp³-hybridized carbons (Fsp3) is 0.600. The summed E-state index contributed by atoms with van der Waals surface area (Å²) < 4.78 is 27.3. The smallest absolute Gasteiger partial charge is 0.243 e. The normalized spacial score (nSPS) is 19.5. The zero-order valence-electron chi connectivity index (χ0n) is 11.9. The Kier molecular flexibility index (Phi) is 3.50. The molecular weight excluding hydrogens is 272 g/mol. The van der Waals surface area contributed by atoms with Gasteiger partial charge < -0.3 is 5.73 Å². The van der Waals surface area contributed by atoms with Crippen LogP contribution < -0.4 is 5.73 Å². The molecule has 0 unspecified atom stereocenters. The fourth-order valence-corrected chi connectivity index (χ4v) is 4.35. The number of aryl methyl sites for hydroxylation is 1.